The van der Waals surface area contributed by atoms with Gasteiger partial charge in [0.25, 0.3) is 11.5 Å². The van der Waals surface area contributed by atoms with Crippen LogP contribution in [0, 0.1) is 6.92 Å². The summed E-state index contributed by atoms with van der Waals surface area (Å²) >= 11 is 1.10. The van der Waals surface area contributed by atoms with Crippen LogP contribution in [0.4, 0.5) is 11.4 Å². The zero-order valence-corrected chi connectivity index (χ0v) is 21.3. The van der Waals surface area contributed by atoms with E-state index in [9.17, 15) is 14.4 Å². The minimum atomic E-state index is -0.429. The minimum absolute atomic E-state index is 0.191. The third-order valence-electron chi connectivity index (χ3n) is 6.29. The Morgan fingerprint density at radius 3 is 2.45 bits per heavy atom. The van der Waals surface area contributed by atoms with Crippen LogP contribution in [-0.4, -0.2) is 40.1 Å². The average Bonchev–Trinajstić information content (AvgIpc) is 3.56. The molecule has 3 heterocycles. The van der Waals surface area contributed by atoms with E-state index < -0.39 is 11.5 Å². The molecule has 1 N–H and O–H groups in total. The first-order valence-electron chi connectivity index (χ1n) is 11.8. The number of amides is 2. The molecule has 0 unspecified atom stereocenters. The Kier molecular flexibility index (Phi) is 5.73. The molecule has 188 valence electrons. The molecule has 2 aromatic heterocycles. The fourth-order valence-corrected chi connectivity index (χ4v) is 5.38. The maximum absolute atomic E-state index is 13.6. The van der Waals surface area contributed by atoms with Gasteiger partial charge in [-0.25, -0.2) is 0 Å². The van der Waals surface area contributed by atoms with Gasteiger partial charge in [0.05, 0.1) is 18.4 Å². The predicted octanol–water partition coefficient (Wildman–Crippen LogP) is 3.04. The van der Waals surface area contributed by atoms with E-state index in [-0.39, 0.29) is 22.6 Å². The normalized spacial score (nSPS) is 14.2. The van der Waals surface area contributed by atoms with Gasteiger partial charge in [0.15, 0.2) is 5.82 Å². The second-order valence-electron chi connectivity index (χ2n) is 8.79. The summed E-state index contributed by atoms with van der Waals surface area (Å²) in [5.41, 5.74) is 3.44. The number of hydrogen-bond acceptors (Lipinski definition) is 7. The van der Waals surface area contributed by atoms with E-state index in [1.54, 1.807) is 43.5 Å². The fraction of sp³-hybridized carbons (Fsp3) is 0.107. The molecule has 0 bridgehead atoms. The van der Waals surface area contributed by atoms with Crippen molar-refractivity contribution < 1.29 is 14.3 Å². The number of rotatable bonds is 5. The second kappa shape index (κ2) is 9.24. The predicted molar refractivity (Wildman–Crippen MR) is 145 cm³/mol. The number of carbonyl (C=O) groups excluding carboxylic acids is 2. The standard InChI is InChI=1S/C28H21N5O4S/c1-16-7-11-18(12-8-16)29-22(34)15-32-21-6-4-3-5-20(21)23(26(32)35)24-27(36)33-28(38-24)30-25(31-33)17-9-13-19(37-2)14-10-17/h3-14H,15H2,1-2H3,(H,29,34). The summed E-state index contributed by atoms with van der Waals surface area (Å²) in [6.07, 6.45) is 0. The summed E-state index contributed by atoms with van der Waals surface area (Å²) in [5.74, 6) is 0.350. The zero-order valence-electron chi connectivity index (χ0n) is 20.5. The molecule has 1 aliphatic rings. The Labute approximate surface area is 220 Å². The monoisotopic (exact) mass is 523 g/mol. The van der Waals surface area contributed by atoms with Crippen LogP contribution in [0.1, 0.15) is 11.1 Å². The second-order valence-corrected chi connectivity index (χ2v) is 9.77. The molecule has 6 rings (SSSR count). The lowest BCUT2D eigenvalue weighted by atomic mass is 10.1. The van der Waals surface area contributed by atoms with Gasteiger partial charge < -0.3 is 10.1 Å². The first-order valence-corrected chi connectivity index (χ1v) is 12.6. The summed E-state index contributed by atoms with van der Waals surface area (Å²) < 4.78 is 6.64. The minimum Gasteiger partial charge on any atom is -0.497 e. The zero-order chi connectivity index (χ0) is 26.4. The highest BCUT2D eigenvalue weighted by Crippen LogP contribution is 2.35. The van der Waals surface area contributed by atoms with Gasteiger partial charge >= 0.3 is 0 Å². The number of hydrogen-bond donors (Lipinski definition) is 1. The van der Waals surface area contributed by atoms with Crippen LogP contribution in [0.2, 0.25) is 0 Å². The van der Waals surface area contributed by atoms with Crippen molar-refractivity contribution in [1.82, 2.24) is 14.6 Å². The van der Waals surface area contributed by atoms with Crippen LogP contribution in [-0.2, 0) is 9.59 Å². The van der Waals surface area contributed by atoms with Crippen LogP contribution in [0.15, 0.2) is 77.6 Å². The highest BCUT2D eigenvalue weighted by molar-refractivity contribution is 7.15. The van der Waals surface area contributed by atoms with E-state index >= 15 is 0 Å². The SMILES string of the molecule is COc1ccc(-c2nc3sc(=C4C(=O)N(CC(=O)Nc5ccc(C)cc5)c5ccccc54)c(=O)n3n2)cc1. The van der Waals surface area contributed by atoms with Crippen LogP contribution in [0.5, 0.6) is 5.75 Å². The Balaban J connectivity index is 1.37. The largest absolute Gasteiger partial charge is 0.497 e. The Hall–Kier alpha value is -4.83. The lowest BCUT2D eigenvalue weighted by Crippen LogP contribution is -2.37. The van der Waals surface area contributed by atoms with Crippen molar-refractivity contribution >= 4 is 45.1 Å². The fourth-order valence-electron chi connectivity index (χ4n) is 4.39. The number of carbonyl (C=O) groups is 2. The van der Waals surface area contributed by atoms with Gasteiger partial charge in [-0.3, -0.25) is 19.3 Å². The van der Waals surface area contributed by atoms with Gasteiger partial charge in [-0.15, -0.1) is 5.10 Å². The highest BCUT2D eigenvalue weighted by Gasteiger charge is 2.35. The number of methoxy groups -OCH3 is 1. The molecule has 0 radical (unpaired) electrons. The van der Waals surface area contributed by atoms with Gasteiger partial charge in [0.1, 0.15) is 16.8 Å². The number of thiazole rings is 1. The molecule has 9 nitrogen and oxygen atoms in total. The third kappa shape index (κ3) is 4.00. The molecule has 0 atom stereocenters. The van der Waals surface area contributed by atoms with E-state index in [1.807, 2.05) is 43.3 Å². The van der Waals surface area contributed by atoms with Crippen molar-refractivity contribution in [2.45, 2.75) is 6.92 Å². The maximum Gasteiger partial charge on any atom is 0.291 e. The number of ether oxygens (including phenoxy) is 1. The Morgan fingerprint density at radius 2 is 1.74 bits per heavy atom. The number of nitrogens with one attached hydrogen (secondary N) is 1. The average molecular weight is 524 g/mol. The lowest BCUT2D eigenvalue weighted by molar-refractivity contribution is -0.118. The van der Waals surface area contributed by atoms with Crippen molar-refractivity contribution in [1.29, 1.82) is 0 Å². The molecule has 1 aliphatic heterocycles. The molecule has 0 spiro atoms. The lowest BCUT2D eigenvalue weighted by Gasteiger charge is -2.16. The molecule has 38 heavy (non-hydrogen) atoms. The van der Waals surface area contributed by atoms with Gasteiger partial charge in [-0.2, -0.15) is 9.50 Å². The van der Waals surface area contributed by atoms with E-state index in [1.165, 1.54) is 9.42 Å². The van der Waals surface area contributed by atoms with Gasteiger partial charge in [0, 0.05) is 16.8 Å². The van der Waals surface area contributed by atoms with Crippen molar-refractivity contribution in [2.24, 2.45) is 0 Å². The number of benzene rings is 3. The molecule has 2 amide bonds. The molecule has 5 aromatic rings. The first-order chi connectivity index (χ1) is 18.4. The molecule has 10 heteroatoms. The van der Waals surface area contributed by atoms with Crippen LogP contribution in [0.3, 0.4) is 0 Å². The number of aromatic nitrogens is 3. The molecule has 0 saturated heterocycles. The Bertz CT molecular complexity index is 1820. The maximum atomic E-state index is 13.6. The number of para-hydroxylation sites is 1. The molecule has 0 fully saturated rings. The number of nitrogens with zero attached hydrogens (tertiary/aromatic N) is 4. The van der Waals surface area contributed by atoms with E-state index in [4.69, 9.17) is 4.74 Å². The van der Waals surface area contributed by atoms with Crippen molar-refractivity contribution in [3.8, 4) is 17.1 Å². The number of anilines is 2. The Morgan fingerprint density at radius 1 is 1.00 bits per heavy atom. The third-order valence-corrected chi connectivity index (χ3v) is 7.32. The smallest absolute Gasteiger partial charge is 0.291 e. The molecule has 0 aliphatic carbocycles. The van der Waals surface area contributed by atoms with Gasteiger partial charge in [-0.1, -0.05) is 47.2 Å². The summed E-state index contributed by atoms with van der Waals surface area (Å²) in [5, 5.41) is 7.22. The van der Waals surface area contributed by atoms with E-state index in [2.05, 4.69) is 15.4 Å². The van der Waals surface area contributed by atoms with E-state index in [0.717, 1.165) is 22.5 Å². The molecular weight excluding hydrogens is 502 g/mol. The van der Waals surface area contributed by atoms with Crippen molar-refractivity contribution in [3.05, 3.63) is 98.8 Å². The highest BCUT2D eigenvalue weighted by atomic mass is 32.1. The summed E-state index contributed by atoms with van der Waals surface area (Å²) in [6, 6.07) is 21.8. The topological polar surface area (TPSA) is 106 Å². The van der Waals surface area contributed by atoms with Gasteiger partial charge in [-0.05, 0) is 49.4 Å². The summed E-state index contributed by atoms with van der Waals surface area (Å²) in [4.78, 5) is 46.1. The summed E-state index contributed by atoms with van der Waals surface area (Å²) in [6.45, 7) is 1.77. The summed E-state index contributed by atoms with van der Waals surface area (Å²) in [7, 11) is 1.59. The van der Waals surface area contributed by atoms with E-state index in [0.29, 0.717) is 33.5 Å². The van der Waals surface area contributed by atoms with Crippen molar-refractivity contribution in [2.75, 3.05) is 23.9 Å². The quantitative estimate of drug-likeness (QED) is 0.380. The van der Waals surface area contributed by atoms with Gasteiger partial charge in [0.2, 0.25) is 10.9 Å². The van der Waals surface area contributed by atoms with Crippen LogP contribution < -0.4 is 25.0 Å². The van der Waals surface area contributed by atoms with Crippen molar-refractivity contribution in [3.63, 3.8) is 0 Å². The molecule has 3 aromatic carbocycles. The van der Waals surface area contributed by atoms with Crippen LogP contribution >= 0.6 is 11.3 Å². The molecule has 0 saturated carbocycles. The number of fused-ring (bicyclic) bond motifs is 2. The number of aryl methyl sites for hydroxylation is 1. The van der Waals surface area contributed by atoms with Crippen LogP contribution in [0.25, 0.3) is 21.9 Å². The molecular formula is C28H21N5O4S. The first kappa shape index (κ1) is 23.6.